The van der Waals surface area contributed by atoms with Crippen molar-refractivity contribution in [3.8, 4) is 5.75 Å². The van der Waals surface area contributed by atoms with Crippen LogP contribution < -0.4 is 10.1 Å². The Labute approximate surface area is 181 Å². The summed E-state index contributed by atoms with van der Waals surface area (Å²) in [6.45, 7) is 6.48. The predicted octanol–water partition coefficient (Wildman–Crippen LogP) is 3.78. The molecule has 1 saturated heterocycles. The molecule has 3 rings (SSSR count). The van der Waals surface area contributed by atoms with E-state index in [-0.39, 0.29) is 23.5 Å². The number of nitro groups is 1. The molecule has 0 spiro atoms. The number of carbonyl (C=O) groups excluding carboxylic acids is 2. The van der Waals surface area contributed by atoms with Gasteiger partial charge in [0.2, 0.25) is 5.91 Å². The number of hydrogen-bond donors (Lipinski definition) is 1. The Morgan fingerprint density at radius 1 is 1.26 bits per heavy atom. The van der Waals surface area contributed by atoms with Gasteiger partial charge < -0.3 is 15.0 Å². The molecule has 1 aliphatic heterocycles. The second-order valence-corrected chi connectivity index (χ2v) is 7.65. The summed E-state index contributed by atoms with van der Waals surface area (Å²) in [5.41, 5.74) is 1.68. The van der Waals surface area contributed by atoms with Crippen LogP contribution in [-0.2, 0) is 4.79 Å². The molecule has 164 valence electrons. The third-order valence-corrected chi connectivity index (χ3v) is 5.51. The molecule has 2 amide bonds. The van der Waals surface area contributed by atoms with Crippen molar-refractivity contribution in [3.63, 3.8) is 0 Å². The number of likely N-dealkylation sites (tertiary alicyclic amines) is 1. The zero-order chi connectivity index (χ0) is 22.5. The Hall–Kier alpha value is -3.42. The van der Waals surface area contributed by atoms with Gasteiger partial charge in [-0.15, -0.1) is 0 Å². The highest BCUT2D eigenvalue weighted by Gasteiger charge is 2.35. The number of carbonyl (C=O) groups is 2. The molecular weight excluding hydrogens is 398 g/mol. The fourth-order valence-corrected chi connectivity index (χ4v) is 3.85. The largest absolute Gasteiger partial charge is 0.494 e. The maximum absolute atomic E-state index is 13.0. The number of amides is 2. The highest BCUT2D eigenvalue weighted by molar-refractivity contribution is 5.98. The van der Waals surface area contributed by atoms with Gasteiger partial charge in [0.15, 0.2) is 0 Å². The fraction of sp³-hybridized carbons (Fsp3) is 0.391. The van der Waals surface area contributed by atoms with Crippen LogP contribution in [0.5, 0.6) is 5.75 Å². The van der Waals surface area contributed by atoms with Gasteiger partial charge in [-0.25, -0.2) is 0 Å². The minimum Gasteiger partial charge on any atom is -0.494 e. The van der Waals surface area contributed by atoms with E-state index >= 15 is 0 Å². The van der Waals surface area contributed by atoms with Crippen LogP contribution in [0.1, 0.15) is 54.2 Å². The van der Waals surface area contributed by atoms with E-state index < -0.39 is 11.0 Å². The van der Waals surface area contributed by atoms with Crippen molar-refractivity contribution in [2.24, 2.45) is 0 Å². The molecule has 0 aromatic heterocycles. The van der Waals surface area contributed by atoms with E-state index in [0.29, 0.717) is 30.7 Å². The van der Waals surface area contributed by atoms with Gasteiger partial charge in [0, 0.05) is 23.7 Å². The Morgan fingerprint density at radius 3 is 2.58 bits per heavy atom. The molecule has 0 aliphatic carbocycles. The summed E-state index contributed by atoms with van der Waals surface area (Å²) >= 11 is 0. The molecule has 1 heterocycles. The predicted molar refractivity (Wildman–Crippen MR) is 116 cm³/mol. The minimum absolute atomic E-state index is 0.0311. The maximum atomic E-state index is 13.0. The Kier molecular flexibility index (Phi) is 6.89. The monoisotopic (exact) mass is 425 g/mol. The Balaban J connectivity index is 1.69. The van der Waals surface area contributed by atoms with Crippen LogP contribution in [0.25, 0.3) is 0 Å². The lowest BCUT2D eigenvalue weighted by molar-refractivity contribution is -0.385. The smallest absolute Gasteiger partial charge is 0.272 e. The first-order chi connectivity index (χ1) is 14.8. The van der Waals surface area contributed by atoms with E-state index in [0.717, 1.165) is 17.7 Å². The van der Waals surface area contributed by atoms with Crippen molar-refractivity contribution in [1.29, 1.82) is 0 Å². The third kappa shape index (κ3) is 5.02. The first kappa shape index (κ1) is 22.3. The summed E-state index contributed by atoms with van der Waals surface area (Å²) < 4.78 is 5.45. The van der Waals surface area contributed by atoms with Gasteiger partial charge in [-0.1, -0.05) is 12.1 Å². The highest BCUT2D eigenvalue weighted by Crippen LogP contribution is 2.25. The van der Waals surface area contributed by atoms with Crippen molar-refractivity contribution in [2.45, 2.75) is 45.7 Å². The third-order valence-electron chi connectivity index (χ3n) is 5.51. The van der Waals surface area contributed by atoms with Gasteiger partial charge in [0.25, 0.3) is 11.6 Å². The molecule has 2 atom stereocenters. The summed E-state index contributed by atoms with van der Waals surface area (Å²) in [6.07, 6.45) is 1.31. The van der Waals surface area contributed by atoms with Crippen LogP contribution in [0, 0.1) is 17.0 Å². The first-order valence-electron chi connectivity index (χ1n) is 10.4. The number of rotatable bonds is 7. The van der Waals surface area contributed by atoms with Gasteiger partial charge >= 0.3 is 0 Å². The van der Waals surface area contributed by atoms with E-state index in [4.69, 9.17) is 4.74 Å². The van der Waals surface area contributed by atoms with Gasteiger partial charge in [-0.2, -0.15) is 0 Å². The second-order valence-electron chi connectivity index (χ2n) is 7.65. The number of nitrogens with one attached hydrogen (secondary N) is 1. The molecule has 8 nitrogen and oxygen atoms in total. The van der Waals surface area contributed by atoms with Crippen LogP contribution in [0.2, 0.25) is 0 Å². The van der Waals surface area contributed by atoms with Crippen molar-refractivity contribution in [3.05, 3.63) is 69.3 Å². The van der Waals surface area contributed by atoms with E-state index in [1.165, 1.54) is 18.2 Å². The average molecular weight is 425 g/mol. The second kappa shape index (κ2) is 9.59. The SMILES string of the molecule is CCOc1ccc(C(C)NC(=O)C2CCCN2C(=O)c2ccc([N+](=O)[O-])c(C)c2)cc1. The molecule has 1 N–H and O–H groups in total. The topological polar surface area (TPSA) is 102 Å². The summed E-state index contributed by atoms with van der Waals surface area (Å²) in [7, 11) is 0. The molecule has 1 fully saturated rings. The van der Waals surface area contributed by atoms with E-state index in [1.54, 1.807) is 11.8 Å². The minimum atomic E-state index is -0.562. The number of benzene rings is 2. The molecule has 2 aromatic rings. The molecule has 8 heteroatoms. The quantitative estimate of drug-likeness (QED) is 0.537. The molecule has 2 aromatic carbocycles. The number of nitro benzene ring substituents is 1. The standard InChI is InChI=1S/C23H27N3O5/c1-4-31-19-10-7-17(8-11-19)16(3)24-22(27)21-6-5-13-25(21)23(28)18-9-12-20(26(29)30)15(2)14-18/h7-12,14,16,21H,4-6,13H2,1-3H3,(H,24,27). The van der Waals surface area contributed by atoms with E-state index in [2.05, 4.69) is 5.32 Å². The zero-order valence-corrected chi connectivity index (χ0v) is 18.0. The Morgan fingerprint density at radius 2 is 1.97 bits per heavy atom. The van der Waals surface area contributed by atoms with Crippen LogP contribution in [-0.4, -0.2) is 40.8 Å². The number of nitrogens with zero attached hydrogens (tertiary/aromatic N) is 2. The van der Waals surface area contributed by atoms with Crippen LogP contribution in [0.15, 0.2) is 42.5 Å². The number of ether oxygens (including phenoxy) is 1. The lowest BCUT2D eigenvalue weighted by Crippen LogP contribution is -2.46. The van der Waals surface area contributed by atoms with Crippen LogP contribution in [0.3, 0.4) is 0 Å². The highest BCUT2D eigenvalue weighted by atomic mass is 16.6. The number of aryl methyl sites for hydroxylation is 1. The summed E-state index contributed by atoms with van der Waals surface area (Å²) in [4.78, 5) is 38.1. The molecule has 2 unspecified atom stereocenters. The zero-order valence-electron chi connectivity index (χ0n) is 18.0. The average Bonchev–Trinajstić information content (AvgIpc) is 3.23. The normalized spacial score (nSPS) is 16.6. The van der Waals surface area contributed by atoms with Gasteiger partial charge in [0.1, 0.15) is 11.8 Å². The molecule has 0 saturated carbocycles. The summed E-state index contributed by atoms with van der Waals surface area (Å²) in [5, 5.41) is 14.0. The van der Waals surface area contributed by atoms with Crippen molar-refractivity contribution >= 4 is 17.5 Å². The molecule has 31 heavy (non-hydrogen) atoms. The van der Waals surface area contributed by atoms with Crippen molar-refractivity contribution in [1.82, 2.24) is 10.2 Å². The molecule has 0 radical (unpaired) electrons. The Bertz CT molecular complexity index is 974. The maximum Gasteiger partial charge on any atom is 0.272 e. The van der Waals surface area contributed by atoms with Crippen LogP contribution in [0.4, 0.5) is 5.69 Å². The van der Waals surface area contributed by atoms with Crippen molar-refractivity contribution in [2.75, 3.05) is 13.2 Å². The van der Waals surface area contributed by atoms with Gasteiger partial charge in [-0.05, 0) is 63.4 Å². The van der Waals surface area contributed by atoms with Crippen molar-refractivity contribution < 1.29 is 19.2 Å². The first-order valence-corrected chi connectivity index (χ1v) is 10.4. The van der Waals surface area contributed by atoms with E-state index in [9.17, 15) is 19.7 Å². The lowest BCUT2D eigenvalue weighted by atomic mass is 10.1. The number of hydrogen-bond acceptors (Lipinski definition) is 5. The lowest BCUT2D eigenvalue weighted by Gasteiger charge is -2.26. The fourth-order valence-electron chi connectivity index (χ4n) is 3.85. The van der Waals surface area contributed by atoms with Gasteiger partial charge in [-0.3, -0.25) is 19.7 Å². The molecular formula is C23H27N3O5. The molecule has 0 bridgehead atoms. The molecule has 1 aliphatic rings. The summed E-state index contributed by atoms with van der Waals surface area (Å²) in [6, 6.07) is 11.1. The van der Waals surface area contributed by atoms with E-state index in [1.807, 2.05) is 38.1 Å². The van der Waals surface area contributed by atoms with Gasteiger partial charge in [0.05, 0.1) is 17.6 Å². The van der Waals surface area contributed by atoms with Crippen LogP contribution >= 0.6 is 0 Å². The summed E-state index contributed by atoms with van der Waals surface area (Å²) in [5.74, 6) is 0.283.